The number of aromatic hydroxyl groups is 1. The van der Waals surface area contributed by atoms with Crippen molar-refractivity contribution < 1.29 is 28.6 Å². The van der Waals surface area contributed by atoms with Crippen molar-refractivity contribution >= 4 is 23.7 Å². The number of aromatic nitrogens is 1. The van der Waals surface area contributed by atoms with Crippen LogP contribution in [0.5, 0.6) is 11.5 Å². The molecule has 0 unspecified atom stereocenters. The number of pyridine rings is 1. The second-order valence-corrected chi connectivity index (χ2v) is 10.9. The van der Waals surface area contributed by atoms with E-state index in [0.29, 0.717) is 17.1 Å². The van der Waals surface area contributed by atoms with E-state index in [4.69, 9.17) is 4.74 Å². The second kappa shape index (κ2) is 11.5. The highest BCUT2D eigenvalue weighted by Crippen LogP contribution is 2.32. The van der Waals surface area contributed by atoms with Crippen molar-refractivity contribution in [3.63, 3.8) is 0 Å². The van der Waals surface area contributed by atoms with E-state index in [0.717, 1.165) is 38.3 Å². The molecule has 44 heavy (non-hydrogen) atoms. The van der Waals surface area contributed by atoms with Crippen molar-refractivity contribution in [2.45, 2.75) is 19.0 Å². The fourth-order valence-corrected chi connectivity index (χ4v) is 5.68. The molecule has 1 aromatic heterocycles. The molecule has 0 saturated carbocycles. The summed E-state index contributed by atoms with van der Waals surface area (Å²) in [4.78, 5) is 48.7. The van der Waals surface area contributed by atoms with Crippen LogP contribution >= 0.6 is 0 Å². The number of anilines is 1. The Morgan fingerprint density at radius 3 is 2.52 bits per heavy atom. The van der Waals surface area contributed by atoms with Gasteiger partial charge in [-0.15, -0.1) is 0 Å². The molecule has 6 rings (SSSR count). The number of ether oxygens (including phenoxy) is 1. The third-order valence-corrected chi connectivity index (χ3v) is 8.21. The van der Waals surface area contributed by atoms with Gasteiger partial charge in [0.1, 0.15) is 28.8 Å². The number of imide groups is 1. The summed E-state index contributed by atoms with van der Waals surface area (Å²) in [5.41, 5.74) is -0.111. The number of hydrogen-bond acceptors (Lipinski definition) is 8. The van der Waals surface area contributed by atoms with E-state index in [1.165, 1.54) is 30.2 Å². The number of piperazine rings is 1. The lowest BCUT2D eigenvalue weighted by Gasteiger charge is -2.34. The highest BCUT2D eigenvalue weighted by molar-refractivity contribution is 6.10. The minimum Gasteiger partial charge on any atom is -0.506 e. The largest absolute Gasteiger partial charge is 0.506 e. The van der Waals surface area contributed by atoms with E-state index in [9.17, 15) is 19.5 Å². The number of benzene rings is 2. The third-order valence-electron chi connectivity index (χ3n) is 8.21. The van der Waals surface area contributed by atoms with Gasteiger partial charge in [-0.3, -0.25) is 14.9 Å². The lowest BCUT2D eigenvalue weighted by Crippen LogP contribution is -2.54. The van der Waals surface area contributed by atoms with Gasteiger partial charge in [-0.1, -0.05) is 24.8 Å². The summed E-state index contributed by atoms with van der Waals surface area (Å²) in [5.74, 6) is 4.90. The molecule has 3 aromatic rings. The number of carbonyl (C=O) groups is 3. The maximum Gasteiger partial charge on any atom is 0.323 e. The highest BCUT2D eigenvalue weighted by atomic mass is 19.1. The van der Waals surface area contributed by atoms with Gasteiger partial charge in [-0.2, -0.15) is 0 Å². The molecule has 3 N–H and O–H groups in total. The quantitative estimate of drug-likeness (QED) is 0.292. The number of amides is 4. The topological polar surface area (TPSA) is 127 Å². The summed E-state index contributed by atoms with van der Waals surface area (Å²) in [6.07, 6.45) is 0. The van der Waals surface area contributed by atoms with Gasteiger partial charge in [0.25, 0.3) is 11.8 Å². The lowest BCUT2D eigenvalue weighted by atomic mass is 9.98. The number of halogens is 1. The first kappa shape index (κ1) is 28.9. The van der Waals surface area contributed by atoms with Gasteiger partial charge in [0.15, 0.2) is 0 Å². The predicted octanol–water partition coefficient (Wildman–Crippen LogP) is 2.33. The summed E-state index contributed by atoms with van der Waals surface area (Å²) < 4.78 is 20.7. The molecule has 3 aliphatic heterocycles. The Balaban J connectivity index is 1.25. The van der Waals surface area contributed by atoms with Gasteiger partial charge in [-0.05, 0) is 54.6 Å². The van der Waals surface area contributed by atoms with Crippen LogP contribution in [0.2, 0.25) is 0 Å². The van der Waals surface area contributed by atoms with Crippen molar-refractivity contribution in [3.8, 4) is 34.6 Å². The number of fused-ring (bicyclic) bond motifs is 1. The number of carbonyl (C=O) groups excluding carboxylic acids is 3. The number of likely N-dealkylation sites (N-methyl/N-ethyl adjacent to an activating group) is 1. The normalized spacial score (nSPS) is 19.8. The summed E-state index contributed by atoms with van der Waals surface area (Å²) in [5, 5.41) is 15.3. The fourth-order valence-electron chi connectivity index (χ4n) is 5.68. The first-order valence-corrected chi connectivity index (χ1v) is 14.3. The molecule has 3 aliphatic rings. The standard InChI is InChI=1S/C32H31FN6O5/c1-3-37-12-14-38(15-13-37)27-9-8-26(40)28(34-27)23-7-4-20(16-25(23)33)10-11-32(30(42)35-31(43)36-32)19-39-18-21-5-6-22(44-2)17-24(21)29(39)41/h4-9,16-17,40H,3,12-15,18-19H2,1-2H3,(H2,35,36,42,43)/t32-/m1/s1. The third kappa shape index (κ3) is 5.38. The first-order valence-electron chi connectivity index (χ1n) is 14.3. The number of nitrogens with one attached hydrogen (secondary N) is 2. The summed E-state index contributed by atoms with van der Waals surface area (Å²) in [6, 6.07) is 11.8. The average Bonchev–Trinajstić information content (AvgIpc) is 3.49. The number of urea groups is 1. The number of methoxy groups -OCH3 is 1. The zero-order chi connectivity index (χ0) is 31.0. The van der Waals surface area contributed by atoms with E-state index in [1.807, 2.05) is 0 Å². The maximum atomic E-state index is 15.5. The molecule has 2 aromatic carbocycles. The van der Waals surface area contributed by atoms with Crippen LogP contribution in [-0.4, -0.2) is 89.7 Å². The Morgan fingerprint density at radius 2 is 1.84 bits per heavy atom. The van der Waals surface area contributed by atoms with Crippen LogP contribution in [0.25, 0.3) is 11.3 Å². The van der Waals surface area contributed by atoms with E-state index in [-0.39, 0.29) is 41.6 Å². The van der Waals surface area contributed by atoms with Crippen molar-refractivity contribution in [1.29, 1.82) is 0 Å². The Bertz CT molecular complexity index is 1730. The van der Waals surface area contributed by atoms with Crippen LogP contribution in [0.4, 0.5) is 15.0 Å². The van der Waals surface area contributed by atoms with E-state index >= 15 is 4.39 Å². The maximum absolute atomic E-state index is 15.5. The molecule has 2 fully saturated rings. The molecular weight excluding hydrogens is 567 g/mol. The molecule has 1 atom stereocenters. The Hall–Kier alpha value is -5.15. The van der Waals surface area contributed by atoms with Crippen LogP contribution in [0.3, 0.4) is 0 Å². The summed E-state index contributed by atoms with van der Waals surface area (Å²) >= 11 is 0. The van der Waals surface area contributed by atoms with Gasteiger partial charge >= 0.3 is 6.03 Å². The number of hydrogen-bond donors (Lipinski definition) is 3. The molecule has 0 spiro atoms. The SMILES string of the molecule is CCN1CCN(c2ccc(O)c(-c3ccc(C#C[C@]4(CN5Cc6ccc(OC)cc6C5=O)NC(=O)NC4=O)cc3F)n2)CC1. The molecule has 0 bridgehead atoms. The fraction of sp³-hybridized carbons (Fsp3) is 0.312. The van der Waals surface area contributed by atoms with Crippen molar-refractivity contribution in [2.24, 2.45) is 0 Å². The van der Waals surface area contributed by atoms with Gasteiger partial charge in [-0.25, -0.2) is 14.2 Å². The zero-order valence-corrected chi connectivity index (χ0v) is 24.3. The van der Waals surface area contributed by atoms with Crippen LogP contribution in [-0.2, 0) is 11.3 Å². The average molecular weight is 599 g/mol. The van der Waals surface area contributed by atoms with Crippen molar-refractivity contribution in [2.75, 3.05) is 51.3 Å². The predicted molar refractivity (Wildman–Crippen MR) is 160 cm³/mol. The monoisotopic (exact) mass is 598 g/mol. The molecule has 4 heterocycles. The molecule has 11 nitrogen and oxygen atoms in total. The van der Waals surface area contributed by atoms with Gasteiger partial charge in [0.2, 0.25) is 5.54 Å². The molecule has 226 valence electrons. The van der Waals surface area contributed by atoms with Crippen LogP contribution < -0.4 is 20.3 Å². The van der Waals surface area contributed by atoms with Crippen LogP contribution in [0.15, 0.2) is 48.5 Å². The van der Waals surface area contributed by atoms with E-state index < -0.39 is 23.3 Å². The minimum atomic E-state index is -1.75. The molecule has 0 aliphatic carbocycles. The first-order chi connectivity index (χ1) is 21.2. The van der Waals surface area contributed by atoms with Crippen LogP contribution in [0.1, 0.15) is 28.4 Å². The number of rotatable bonds is 6. The zero-order valence-electron chi connectivity index (χ0n) is 24.3. The molecule has 4 amide bonds. The van der Waals surface area contributed by atoms with E-state index in [1.54, 1.807) is 30.3 Å². The molecule has 0 radical (unpaired) electrons. The second-order valence-electron chi connectivity index (χ2n) is 10.9. The summed E-state index contributed by atoms with van der Waals surface area (Å²) in [7, 11) is 1.50. The lowest BCUT2D eigenvalue weighted by molar-refractivity contribution is -0.122. The number of nitrogens with zero attached hydrogens (tertiary/aromatic N) is 4. The van der Waals surface area contributed by atoms with Crippen molar-refractivity contribution in [1.82, 2.24) is 25.4 Å². The Morgan fingerprint density at radius 1 is 1.05 bits per heavy atom. The summed E-state index contributed by atoms with van der Waals surface area (Å²) in [6.45, 7) is 6.43. The molecule has 2 saturated heterocycles. The molecule has 12 heteroatoms. The molecular formula is C32H31FN6O5. The van der Waals surface area contributed by atoms with E-state index in [2.05, 4.69) is 44.2 Å². The van der Waals surface area contributed by atoms with Crippen molar-refractivity contribution in [3.05, 3.63) is 71.0 Å². The van der Waals surface area contributed by atoms with Gasteiger partial charge in [0.05, 0.1) is 13.7 Å². The smallest absolute Gasteiger partial charge is 0.323 e. The Kier molecular flexibility index (Phi) is 7.57. The van der Waals surface area contributed by atoms with Gasteiger partial charge < -0.3 is 29.9 Å². The Labute approximate surface area is 253 Å². The highest BCUT2D eigenvalue weighted by Gasteiger charge is 2.48. The van der Waals surface area contributed by atoms with Crippen LogP contribution in [0, 0.1) is 17.7 Å². The van der Waals surface area contributed by atoms with Gasteiger partial charge in [0, 0.05) is 49.4 Å². The minimum absolute atomic E-state index is 0.0968.